The summed E-state index contributed by atoms with van der Waals surface area (Å²) in [5, 5.41) is 5.52. The normalized spacial score (nSPS) is 11.8. The first kappa shape index (κ1) is 15.3. The lowest BCUT2D eigenvalue weighted by atomic mass is 10.2. The zero-order valence-electron chi connectivity index (χ0n) is 11.2. The average Bonchev–Trinajstić information content (AvgIpc) is 2.45. The van der Waals surface area contributed by atoms with Crippen LogP contribution in [0, 0.1) is 11.6 Å². The Morgan fingerprint density at radius 1 is 1.10 bits per heavy atom. The maximum absolute atomic E-state index is 13.0. The van der Waals surface area contributed by atoms with E-state index in [1.165, 1.54) is 42.5 Å². The van der Waals surface area contributed by atoms with Crippen molar-refractivity contribution in [2.75, 3.05) is 10.6 Å². The van der Waals surface area contributed by atoms with Gasteiger partial charge in [0.2, 0.25) is 5.91 Å². The third-order valence-electron chi connectivity index (χ3n) is 2.81. The molecule has 2 rings (SSSR count). The van der Waals surface area contributed by atoms with Crippen molar-refractivity contribution in [2.24, 2.45) is 0 Å². The van der Waals surface area contributed by atoms with E-state index in [4.69, 9.17) is 11.6 Å². The van der Waals surface area contributed by atoms with E-state index in [-0.39, 0.29) is 16.7 Å². The fourth-order valence-electron chi connectivity index (χ4n) is 1.69. The number of carbonyl (C=O) groups excluding carboxylic acids is 1. The van der Waals surface area contributed by atoms with Gasteiger partial charge < -0.3 is 10.6 Å². The van der Waals surface area contributed by atoms with Crippen LogP contribution in [0.5, 0.6) is 0 Å². The fourth-order valence-corrected chi connectivity index (χ4v) is 1.87. The second kappa shape index (κ2) is 6.54. The van der Waals surface area contributed by atoms with E-state index in [1.54, 1.807) is 6.92 Å². The Labute approximate surface area is 125 Å². The minimum absolute atomic E-state index is 0.0221. The van der Waals surface area contributed by atoms with E-state index in [0.717, 1.165) is 0 Å². The van der Waals surface area contributed by atoms with Crippen molar-refractivity contribution in [3.05, 3.63) is 59.1 Å². The first-order valence-corrected chi connectivity index (χ1v) is 6.61. The molecule has 110 valence electrons. The monoisotopic (exact) mass is 310 g/mol. The second-order valence-electron chi connectivity index (χ2n) is 4.49. The van der Waals surface area contributed by atoms with Gasteiger partial charge in [-0.25, -0.2) is 8.78 Å². The number of nitrogens with one attached hydrogen (secondary N) is 2. The van der Waals surface area contributed by atoms with Crippen LogP contribution in [0.3, 0.4) is 0 Å². The van der Waals surface area contributed by atoms with Gasteiger partial charge in [0.05, 0.1) is 5.02 Å². The minimum Gasteiger partial charge on any atom is -0.374 e. The predicted octanol–water partition coefficient (Wildman–Crippen LogP) is 4.06. The number of carbonyl (C=O) groups is 1. The minimum atomic E-state index is -0.573. The van der Waals surface area contributed by atoms with Crippen molar-refractivity contribution in [1.29, 1.82) is 0 Å². The zero-order valence-corrected chi connectivity index (χ0v) is 11.9. The molecule has 0 aliphatic carbocycles. The molecule has 1 amide bonds. The highest BCUT2D eigenvalue weighted by Crippen LogP contribution is 2.20. The molecule has 0 saturated heterocycles. The standard InChI is InChI=1S/C15H13ClF2N2O/c1-9(19-12-6-7-14(18)13(16)8-12)15(21)20-11-4-2-10(17)3-5-11/h2-9,19H,1H3,(H,20,21). The van der Waals surface area contributed by atoms with Gasteiger partial charge >= 0.3 is 0 Å². The Hall–Kier alpha value is -2.14. The van der Waals surface area contributed by atoms with Crippen molar-refractivity contribution in [3.63, 3.8) is 0 Å². The zero-order chi connectivity index (χ0) is 15.4. The number of anilines is 2. The molecule has 0 aliphatic heterocycles. The summed E-state index contributed by atoms with van der Waals surface area (Å²) in [6, 6.07) is 8.98. The van der Waals surface area contributed by atoms with Crippen LogP contribution in [0.1, 0.15) is 6.92 Å². The molecule has 0 heterocycles. The lowest BCUT2D eigenvalue weighted by Crippen LogP contribution is -2.31. The molecule has 0 spiro atoms. The highest BCUT2D eigenvalue weighted by atomic mass is 35.5. The van der Waals surface area contributed by atoms with E-state index < -0.39 is 11.9 Å². The molecular weight excluding hydrogens is 298 g/mol. The third kappa shape index (κ3) is 4.16. The van der Waals surface area contributed by atoms with E-state index in [9.17, 15) is 13.6 Å². The summed E-state index contributed by atoms with van der Waals surface area (Å²) < 4.78 is 25.8. The first-order chi connectivity index (χ1) is 9.95. The molecule has 0 bridgehead atoms. The molecule has 2 aromatic carbocycles. The van der Waals surface area contributed by atoms with Gasteiger partial charge in [-0.2, -0.15) is 0 Å². The van der Waals surface area contributed by atoms with Crippen LogP contribution in [0.4, 0.5) is 20.2 Å². The number of hydrogen-bond acceptors (Lipinski definition) is 2. The Morgan fingerprint density at radius 2 is 1.71 bits per heavy atom. The van der Waals surface area contributed by atoms with Gasteiger partial charge in [0.1, 0.15) is 17.7 Å². The van der Waals surface area contributed by atoms with E-state index in [2.05, 4.69) is 10.6 Å². The summed E-state index contributed by atoms with van der Waals surface area (Å²) in [7, 11) is 0. The summed E-state index contributed by atoms with van der Waals surface area (Å²) in [5.41, 5.74) is 1.02. The van der Waals surface area contributed by atoms with Crippen LogP contribution in [-0.4, -0.2) is 11.9 Å². The van der Waals surface area contributed by atoms with E-state index in [1.807, 2.05) is 0 Å². The quantitative estimate of drug-likeness (QED) is 0.894. The van der Waals surface area contributed by atoms with Gasteiger partial charge in [-0.05, 0) is 49.4 Å². The Bertz CT molecular complexity index is 647. The number of halogens is 3. The molecule has 3 nitrogen and oxygen atoms in total. The summed E-state index contributed by atoms with van der Waals surface area (Å²) in [5.74, 6) is -1.20. The summed E-state index contributed by atoms with van der Waals surface area (Å²) in [6.07, 6.45) is 0. The number of amides is 1. The number of rotatable bonds is 4. The molecule has 1 atom stereocenters. The van der Waals surface area contributed by atoms with Crippen molar-refractivity contribution >= 4 is 28.9 Å². The molecule has 0 radical (unpaired) electrons. The Morgan fingerprint density at radius 3 is 2.33 bits per heavy atom. The van der Waals surface area contributed by atoms with Crippen LogP contribution in [0.25, 0.3) is 0 Å². The Balaban J connectivity index is 1.98. The summed E-state index contributed by atoms with van der Waals surface area (Å²) in [4.78, 5) is 12.0. The Kier molecular flexibility index (Phi) is 4.75. The molecule has 6 heteroatoms. The van der Waals surface area contributed by atoms with Crippen LogP contribution in [0.15, 0.2) is 42.5 Å². The second-order valence-corrected chi connectivity index (χ2v) is 4.90. The predicted molar refractivity (Wildman–Crippen MR) is 79.5 cm³/mol. The maximum atomic E-state index is 13.0. The smallest absolute Gasteiger partial charge is 0.246 e. The highest BCUT2D eigenvalue weighted by Gasteiger charge is 2.13. The number of benzene rings is 2. The van der Waals surface area contributed by atoms with Crippen LogP contribution < -0.4 is 10.6 Å². The first-order valence-electron chi connectivity index (χ1n) is 6.24. The average molecular weight is 311 g/mol. The highest BCUT2D eigenvalue weighted by molar-refractivity contribution is 6.31. The molecule has 2 aromatic rings. The topological polar surface area (TPSA) is 41.1 Å². The van der Waals surface area contributed by atoms with E-state index >= 15 is 0 Å². The van der Waals surface area contributed by atoms with Crippen molar-refractivity contribution in [2.45, 2.75) is 13.0 Å². The fraction of sp³-hybridized carbons (Fsp3) is 0.133. The van der Waals surface area contributed by atoms with Gasteiger partial charge in [-0.3, -0.25) is 4.79 Å². The van der Waals surface area contributed by atoms with Crippen molar-refractivity contribution in [3.8, 4) is 0 Å². The number of hydrogen-bond donors (Lipinski definition) is 2. The maximum Gasteiger partial charge on any atom is 0.246 e. The van der Waals surface area contributed by atoms with Gasteiger partial charge in [0.15, 0.2) is 0 Å². The molecule has 21 heavy (non-hydrogen) atoms. The molecule has 1 unspecified atom stereocenters. The SMILES string of the molecule is CC(Nc1ccc(F)c(Cl)c1)C(=O)Nc1ccc(F)cc1. The van der Waals surface area contributed by atoms with Gasteiger partial charge in [-0.15, -0.1) is 0 Å². The largest absolute Gasteiger partial charge is 0.374 e. The van der Waals surface area contributed by atoms with Crippen LogP contribution in [-0.2, 0) is 4.79 Å². The molecule has 0 saturated carbocycles. The molecule has 2 N–H and O–H groups in total. The van der Waals surface area contributed by atoms with Crippen molar-refractivity contribution < 1.29 is 13.6 Å². The molecule has 0 aromatic heterocycles. The molecule has 0 fully saturated rings. The van der Waals surface area contributed by atoms with Crippen molar-refractivity contribution in [1.82, 2.24) is 0 Å². The summed E-state index contributed by atoms with van der Waals surface area (Å²) >= 11 is 5.67. The van der Waals surface area contributed by atoms with Gasteiger partial charge in [0.25, 0.3) is 0 Å². The summed E-state index contributed by atoms with van der Waals surface area (Å²) in [6.45, 7) is 1.65. The van der Waals surface area contributed by atoms with Gasteiger partial charge in [-0.1, -0.05) is 11.6 Å². The molecule has 0 aliphatic rings. The lowest BCUT2D eigenvalue weighted by molar-refractivity contribution is -0.116. The third-order valence-corrected chi connectivity index (χ3v) is 3.10. The van der Waals surface area contributed by atoms with E-state index in [0.29, 0.717) is 11.4 Å². The lowest BCUT2D eigenvalue weighted by Gasteiger charge is -2.15. The van der Waals surface area contributed by atoms with Crippen LogP contribution in [0.2, 0.25) is 5.02 Å². The molecular formula is C15H13ClF2N2O. The van der Waals surface area contributed by atoms with Crippen LogP contribution >= 0.6 is 11.6 Å². The van der Waals surface area contributed by atoms with Gasteiger partial charge in [0, 0.05) is 11.4 Å².